The average molecular weight is 338 g/mol. The highest BCUT2D eigenvalue weighted by Crippen LogP contribution is 2.22. The van der Waals surface area contributed by atoms with Crippen LogP contribution in [0.4, 0.5) is 4.39 Å². The molecule has 0 aliphatic carbocycles. The second kappa shape index (κ2) is 7.83. The minimum atomic E-state index is -0.222. The number of aromatic amines is 1. The number of nitrogens with one attached hydrogen (secondary N) is 3. The smallest absolute Gasteiger partial charge is 0.191 e. The largest absolute Gasteiger partial charge is 0.361 e. The first-order valence-electron chi connectivity index (χ1n) is 8.42. The molecule has 25 heavy (non-hydrogen) atoms. The van der Waals surface area contributed by atoms with E-state index in [2.05, 4.69) is 51.9 Å². The molecule has 0 aliphatic rings. The molecule has 0 atom stereocenters. The van der Waals surface area contributed by atoms with Gasteiger partial charge in [-0.2, -0.15) is 0 Å². The Hall–Kier alpha value is -2.82. The van der Waals surface area contributed by atoms with Gasteiger partial charge in [-0.15, -0.1) is 0 Å². The normalized spacial score (nSPS) is 11.7. The van der Waals surface area contributed by atoms with E-state index in [4.69, 9.17) is 0 Å². The lowest BCUT2D eigenvalue weighted by molar-refractivity contribution is 0.626. The summed E-state index contributed by atoms with van der Waals surface area (Å²) in [4.78, 5) is 7.56. The Morgan fingerprint density at radius 2 is 1.92 bits per heavy atom. The summed E-state index contributed by atoms with van der Waals surface area (Å²) in [6.07, 6.45) is 2.98. The molecule has 3 rings (SSSR count). The van der Waals surface area contributed by atoms with Crippen LogP contribution in [0, 0.1) is 12.7 Å². The number of H-pyrrole nitrogens is 1. The maximum absolute atomic E-state index is 12.9. The van der Waals surface area contributed by atoms with Crippen LogP contribution < -0.4 is 10.6 Å². The predicted octanol–water partition coefficient (Wildman–Crippen LogP) is 3.52. The monoisotopic (exact) mass is 338 g/mol. The van der Waals surface area contributed by atoms with Crippen LogP contribution in [0.5, 0.6) is 0 Å². The second-order valence-corrected chi connectivity index (χ2v) is 6.04. The fourth-order valence-electron chi connectivity index (χ4n) is 2.97. The van der Waals surface area contributed by atoms with Crippen molar-refractivity contribution >= 4 is 16.9 Å². The predicted molar refractivity (Wildman–Crippen MR) is 101 cm³/mol. The Balaban J connectivity index is 1.53. The number of halogens is 1. The van der Waals surface area contributed by atoms with Gasteiger partial charge in [-0.1, -0.05) is 24.3 Å². The van der Waals surface area contributed by atoms with Crippen LogP contribution in [0.25, 0.3) is 10.9 Å². The van der Waals surface area contributed by atoms with Crippen LogP contribution in [-0.4, -0.2) is 24.5 Å². The van der Waals surface area contributed by atoms with Gasteiger partial charge in [-0.3, -0.25) is 4.99 Å². The number of aryl methyl sites for hydroxylation is 1. The summed E-state index contributed by atoms with van der Waals surface area (Å²) in [5.74, 6) is 0.515. The fraction of sp³-hybridized carbons (Fsp3) is 0.250. The fourth-order valence-corrected chi connectivity index (χ4v) is 2.97. The van der Waals surface area contributed by atoms with Crippen LogP contribution in [0.1, 0.15) is 16.7 Å². The van der Waals surface area contributed by atoms with Crippen molar-refractivity contribution < 1.29 is 4.39 Å². The van der Waals surface area contributed by atoms with Crippen molar-refractivity contribution in [3.05, 3.63) is 71.2 Å². The average Bonchev–Trinajstić information content (AvgIpc) is 3.04. The SMILES string of the molecule is CN=C(NCCc1c[nH]c2cccc(C)c12)NCc1ccc(F)cc1. The molecule has 130 valence electrons. The molecule has 5 heteroatoms. The molecule has 3 N–H and O–H groups in total. The lowest BCUT2D eigenvalue weighted by Crippen LogP contribution is -2.37. The van der Waals surface area contributed by atoms with Crippen LogP contribution in [0.3, 0.4) is 0 Å². The van der Waals surface area contributed by atoms with Crippen LogP contribution in [-0.2, 0) is 13.0 Å². The number of hydrogen-bond acceptors (Lipinski definition) is 1. The van der Waals surface area contributed by atoms with Gasteiger partial charge in [0, 0.05) is 37.2 Å². The number of nitrogens with zero attached hydrogens (tertiary/aromatic N) is 1. The number of aliphatic imine (C=N–C) groups is 1. The van der Waals surface area contributed by atoms with Crippen molar-refractivity contribution in [1.82, 2.24) is 15.6 Å². The summed E-state index contributed by atoms with van der Waals surface area (Å²) in [5, 5.41) is 7.87. The number of guanidine groups is 1. The van der Waals surface area contributed by atoms with E-state index in [0.717, 1.165) is 24.5 Å². The molecule has 3 aromatic rings. The molecule has 0 amide bonds. The second-order valence-electron chi connectivity index (χ2n) is 6.04. The third kappa shape index (κ3) is 4.18. The van der Waals surface area contributed by atoms with E-state index < -0.39 is 0 Å². The number of benzene rings is 2. The summed E-state index contributed by atoms with van der Waals surface area (Å²) >= 11 is 0. The number of fused-ring (bicyclic) bond motifs is 1. The van der Waals surface area contributed by atoms with E-state index in [9.17, 15) is 4.39 Å². The van der Waals surface area contributed by atoms with Gasteiger partial charge in [0.2, 0.25) is 0 Å². The molecule has 0 spiro atoms. The van der Waals surface area contributed by atoms with Crippen molar-refractivity contribution in [2.45, 2.75) is 19.9 Å². The number of hydrogen-bond donors (Lipinski definition) is 3. The van der Waals surface area contributed by atoms with Crippen molar-refractivity contribution in [3.8, 4) is 0 Å². The van der Waals surface area contributed by atoms with E-state index in [0.29, 0.717) is 6.54 Å². The summed E-state index contributed by atoms with van der Waals surface area (Å²) in [7, 11) is 1.75. The summed E-state index contributed by atoms with van der Waals surface area (Å²) in [6.45, 7) is 3.52. The molecule has 0 aliphatic heterocycles. The van der Waals surface area contributed by atoms with Crippen LogP contribution >= 0.6 is 0 Å². The van der Waals surface area contributed by atoms with Gasteiger partial charge in [0.1, 0.15) is 5.82 Å². The minimum absolute atomic E-state index is 0.222. The third-order valence-corrected chi connectivity index (χ3v) is 4.28. The number of rotatable bonds is 5. The quantitative estimate of drug-likeness (QED) is 0.492. The molecule has 2 aromatic carbocycles. The summed E-state index contributed by atoms with van der Waals surface area (Å²) in [6, 6.07) is 12.8. The van der Waals surface area contributed by atoms with Gasteiger partial charge in [0.05, 0.1) is 0 Å². The topological polar surface area (TPSA) is 52.2 Å². The Labute approximate surface area is 147 Å². The first kappa shape index (κ1) is 17.0. The number of aromatic nitrogens is 1. The Bertz CT molecular complexity index is 865. The molecule has 4 nitrogen and oxygen atoms in total. The third-order valence-electron chi connectivity index (χ3n) is 4.28. The zero-order valence-electron chi connectivity index (χ0n) is 14.6. The van der Waals surface area contributed by atoms with Crippen molar-refractivity contribution in [2.24, 2.45) is 4.99 Å². The molecule has 0 saturated carbocycles. The molecule has 0 radical (unpaired) electrons. The Kier molecular flexibility index (Phi) is 5.33. The molecule has 0 saturated heterocycles. The van der Waals surface area contributed by atoms with Gasteiger partial charge in [0.25, 0.3) is 0 Å². The Morgan fingerprint density at radius 1 is 1.12 bits per heavy atom. The summed E-state index contributed by atoms with van der Waals surface area (Å²) < 4.78 is 12.9. The minimum Gasteiger partial charge on any atom is -0.361 e. The summed E-state index contributed by atoms with van der Waals surface area (Å²) in [5.41, 5.74) is 4.77. The molecule has 1 aromatic heterocycles. The van der Waals surface area contributed by atoms with Crippen LogP contribution in [0.15, 0.2) is 53.7 Å². The van der Waals surface area contributed by atoms with E-state index >= 15 is 0 Å². The molecular formula is C20H23FN4. The van der Waals surface area contributed by atoms with Gasteiger partial charge < -0.3 is 15.6 Å². The zero-order chi connectivity index (χ0) is 17.6. The lowest BCUT2D eigenvalue weighted by atomic mass is 10.1. The van der Waals surface area contributed by atoms with Crippen LogP contribution in [0.2, 0.25) is 0 Å². The zero-order valence-corrected chi connectivity index (χ0v) is 14.6. The Morgan fingerprint density at radius 3 is 2.68 bits per heavy atom. The molecule has 1 heterocycles. The standard InChI is InChI=1S/C20H23FN4/c1-14-4-3-5-18-19(14)16(13-24-18)10-11-23-20(22-2)25-12-15-6-8-17(21)9-7-15/h3-9,13,24H,10-12H2,1-2H3,(H2,22,23,25). The van der Waals surface area contributed by atoms with Crippen molar-refractivity contribution in [3.63, 3.8) is 0 Å². The van der Waals surface area contributed by atoms with E-state index in [1.165, 1.54) is 34.2 Å². The highest BCUT2D eigenvalue weighted by molar-refractivity contribution is 5.86. The van der Waals surface area contributed by atoms with E-state index in [1.807, 2.05) is 0 Å². The highest BCUT2D eigenvalue weighted by Gasteiger charge is 2.06. The van der Waals surface area contributed by atoms with Gasteiger partial charge in [-0.05, 0) is 48.2 Å². The molecular weight excluding hydrogens is 315 g/mol. The van der Waals surface area contributed by atoms with Crippen molar-refractivity contribution in [1.29, 1.82) is 0 Å². The molecule has 0 fully saturated rings. The van der Waals surface area contributed by atoms with E-state index in [-0.39, 0.29) is 5.82 Å². The van der Waals surface area contributed by atoms with Crippen molar-refractivity contribution in [2.75, 3.05) is 13.6 Å². The maximum Gasteiger partial charge on any atom is 0.191 e. The maximum atomic E-state index is 12.9. The first-order chi connectivity index (χ1) is 12.2. The van der Waals surface area contributed by atoms with E-state index in [1.54, 1.807) is 19.2 Å². The molecule has 0 unspecified atom stereocenters. The first-order valence-corrected chi connectivity index (χ1v) is 8.42. The van der Waals surface area contributed by atoms with Gasteiger partial charge in [0.15, 0.2) is 5.96 Å². The molecule has 0 bridgehead atoms. The van der Waals surface area contributed by atoms with Gasteiger partial charge in [-0.25, -0.2) is 4.39 Å². The lowest BCUT2D eigenvalue weighted by Gasteiger charge is -2.12. The highest BCUT2D eigenvalue weighted by atomic mass is 19.1. The van der Waals surface area contributed by atoms with Gasteiger partial charge >= 0.3 is 0 Å².